The standard InChI is InChI=1S/C18H23F2N5S/c1-10(2)17-16(26-24-23-17)9-25-6-5-15-12(8-25)18(22-21-15)11-3-4-13(19)14(20)7-11/h3-4,7,10,12,15,18,21-22H,5-6,8-9H2,1-2H3. The van der Waals surface area contributed by atoms with Crippen molar-refractivity contribution in [2.75, 3.05) is 13.1 Å². The fraction of sp³-hybridized carbons (Fsp3) is 0.556. The third-order valence-electron chi connectivity index (χ3n) is 5.40. The molecule has 5 nitrogen and oxygen atoms in total. The highest BCUT2D eigenvalue weighted by Gasteiger charge is 2.40. The summed E-state index contributed by atoms with van der Waals surface area (Å²) < 4.78 is 31.0. The Morgan fingerprint density at radius 3 is 2.88 bits per heavy atom. The molecule has 8 heteroatoms. The van der Waals surface area contributed by atoms with Gasteiger partial charge in [-0.2, -0.15) is 0 Å². The highest BCUT2D eigenvalue weighted by atomic mass is 32.1. The zero-order valence-corrected chi connectivity index (χ0v) is 15.7. The molecule has 2 saturated heterocycles. The maximum Gasteiger partial charge on any atom is 0.159 e. The molecule has 0 aliphatic carbocycles. The number of aromatic nitrogens is 2. The van der Waals surface area contributed by atoms with Crippen molar-refractivity contribution >= 4 is 11.5 Å². The van der Waals surface area contributed by atoms with E-state index in [1.54, 1.807) is 6.07 Å². The van der Waals surface area contributed by atoms with Crippen LogP contribution in [-0.2, 0) is 6.54 Å². The van der Waals surface area contributed by atoms with Crippen molar-refractivity contribution in [2.24, 2.45) is 5.92 Å². The number of fused-ring (bicyclic) bond motifs is 1. The predicted molar refractivity (Wildman–Crippen MR) is 96.5 cm³/mol. The van der Waals surface area contributed by atoms with Crippen molar-refractivity contribution < 1.29 is 8.78 Å². The summed E-state index contributed by atoms with van der Waals surface area (Å²) >= 11 is 1.47. The van der Waals surface area contributed by atoms with Crippen LogP contribution in [-0.4, -0.2) is 33.6 Å². The molecule has 3 atom stereocenters. The number of rotatable bonds is 4. The van der Waals surface area contributed by atoms with Gasteiger partial charge < -0.3 is 0 Å². The molecule has 3 heterocycles. The number of hydrogen-bond donors (Lipinski definition) is 2. The average molecular weight is 379 g/mol. The Labute approximate surface area is 155 Å². The molecule has 1 aromatic heterocycles. The molecule has 0 radical (unpaired) electrons. The van der Waals surface area contributed by atoms with Gasteiger partial charge in [-0.15, -0.1) is 5.10 Å². The predicted octanol–water partition coefficient (Wildman–Crippen LogP) is 2.98. The second-order valence-electron chi connectivity index (χ2n) is 7.47. The second kappa shape index (κ2) is 7.26. The summed E-state index contributed by atoms with van der Waals surface area (Å²) in [6.45, 7) is 7.01. The molecule has 2 aromatic rings. The van der Waals surface area contributed by atoms with Crippen molar-refractivity contribution in [1.29, 1.82) is 0 Å². The summed E-state index contributed by atoms with van der Waals surface area (Å²) in [5, 5.41) is 4.27. The van der Waals surface area contributed by atoms with E-state index in [0.717, 1.165) is 37.3 Å². The molecule has 3 unspecified atom stereocenters. The zero-order valence-electron chi connectivity index (χ0n) is 14.9. The molecule has 0 saturated carbocycles. The first kappa shape index (κ1) is 17.9. The van der Waals surface area contributed by atoms with Crippen molar-refractivity contribution in [1.82, 2.24) is 25.3 Å². The summed E-state index contributed by atoms with van der Waals surface area (Å²) in [5.74, 6) is -0.929. The van der Waals surface area contributed by atoms with Crippen molar-refractivity contribution in [3.63, 3.8) is 0 Å². The van der Waals surface area contributed by atoms with Gasteiger partial charge >= 0.3 is 0 Å². The minimum Gasteiger partial charge on any atom is -0.298 e. The molecular formula is C18H23F2N5S. The lowest BCUT2D eigenvalue weighted by atomic mass is 9.85. The topological polar surface area (TPSA) is 53.1 Å². The Kier molecular flexibility index (Phi) is 5.00. The van der Waals surface area contributed by atoms with E-state index in [0.29, 0.717) is 17.9 Å². The number of halogens is 2. The molecule has 2 aliphatic heterocycles. The lowest BCUT2D eigenvalue weighted by Crippen LogP contribution is -2.45. The molecule has 0 amide bonds. The van der Waals surface area contributed by atoms with E-state index < -0.39 is 11.6 Å². The number of hydrogen-bond acceptors (Lipinski definition) is 6. The van der Waals surface area contributed by atoms with Crippen LogP contribution in [0.25, 0.3) is 0 Å². The average Bonchev–Trinajstić information content (AvgIpc) is 3.24. The zero-order chi connectivity index (χ0) is 18.3. The number of nitrogens with one attached hydrogen (secondary N) is 2. The molecule has 2 aliphatic rings. The van der Waals surface area contributed by atoms with Crippen LogP contribution >= 0.6 is 11.5 Å². The Morgan fingerprint density at radius 2 is 2.12 bits per heavy atom. The summed E-state index contributed by atoms with van der Waals surface area (Å²) in [5.41, 5.74) is 8.48. The van der Waals surface area contributed by atoms with Gasteiger partial charge in [-0.05, 0) is 41.6 Å². The van der Waals surface area contributed by atoms with Gasteiger partial charge in [-0.25, -0.2) is 14.2 Å². The van der Waals surface area contributed by atoms with Crippen LogP contribution < -0.4 is 10.9 Å². The van der Waals surface area contributed by atoms with Crippen molar-refractivity contribution in [2.45, 2.75) is 44.8 Å². The van der Waals surface area contributed by atoms with E-state index in [9.17, 15) is 8.78 Å². The van der Waals surface area contributed by atoms with E-state index >= 15 is 0 Å². The third kappa shape index (κ3) is 3.38. The molecule has 140 valence electrons. The largest absolute Gasteiger partial charge is 0.298 e. The van der Waals surface area contributed by atoms with Crippen LogP contribution in [0.1, 0.15) is 48.4 Å². The summed E-state index contributed by atoms with van der Waals surface area (Å²) in [4.78, 5) is 3.64. The van der Waals surface area contributed by atoms with Crippen LogP contribution in [0.2, 0.25) is 0 Å². The lowest BCUT2D eigenvalue weighted by Gasteiger charge is -2.36. The number of hydrazine groups is 1. The van der Waals surface area contributed by atoms with E-state index in [2.05, 4.69) is 39.2 Å². The van der Waals surface area contributed by atoms with Gasteiger partial charge in [-0.3, -0.25) is 10.3 Å². The van der Waals surface area contributed by atoms with Gasteiger partial charge in [0.2, 0.25) is 0 Å². The van der Waals surface area contributed by atoms with Crippen LogP contribution in [0, 0.1) is 17.6 Å². The fourth-order valence-electron chi connectivity index (χ4n) is 4.02. The van der Waals surface area contributed by atoms with E-state index in [1.807, 2.05) is 0 Å². The van der Waals surface area contributed by atoms with Gasteiger partial charge in [0, 0.05) is 31.6 Å². The normalized spacial score (nSPS) is 26.4. The fourth-order valence-corrected chi connectivity index (χ4v) is 4.86. The summed E-state index contributed by atoms with van der Waals surface area (Å²) in [7, 11) is 0. The smallest absolute Gasteiger partial charge is 0.159 e. The highest BCUT2D eigenvalue weighted by molar-refractivity contribution is 7.05. The molecule has 2 fully saturated rings. The molecule has 0 bridgehead atoms. The summed E-state index contributed by atoms with van der Waals surface area (Å²) in [6, 6.07) is 4.50. The maximum absolute atomic E-state index is 13.7. The van der Waals surface area contributed by atoms with Crippen LogP contribution in [0.4, 0.5) is 8.78 Å². The minimum atomic E-state index is -0.805. The van der Waals surface area contributed by atoms with Gasteiger partial charge in [0.15, 0.2) is 11.6 Å². The van der Waals surface area contributed by atoms with Gasteiger partial charge in [0.1, 0.15) is 0 Å². The first-order valence-corrected chi connectivity index (χ1v) is 9.79. The van der Waals surface area contributed by atoms with Crippen molar-refractivity contribution in [3.05, 3.63) is 46.0 Å². The minimum absolute atomic E-state index is 0.0259. The number of benzene rings is 1. The second-order valence-corrected chi connectivity index (χ2v) is 8.31. The molecule has 4 rings (SSSR count). The molecular weight excluding hydrogens is 356 g/mol. The first-order valence-electron chi connectivity index (χ1n) is 9.02. The number of likely N-dealkylation sites (tertiary alicyclic amines) is 1. The highest BCUT2D eigenvalue weighted by Crippen LogP contribution is 2.35. The molecule has 0 spiro atoms. The Bertz CT molecular complexity index is 781. The molecule has 26 heavy (non-hydrogen) atoms. The first-order chi connectivity index (χ1) is 12.5. The van der Waals surface area contributed by atoms with E-state index in [-0.39, 0.29) is 6.04 Å². The van der Waals surface area contributed by atoms with Crippen molar-refractivity contribution in [3.8, 4) is 0 Å². The molecule has 2 N–H and O–H groups in total. The Balaban J connectivity index is 1.49. The SMILES string of the molecule is CC(C)c1nnsc1CN1CCC2NNC(c3ccc(F)c(F)c3)C2C1. The third-order valence-corrected chi connectivity index (χ3v) is 6.12. The lowest BCUT2D eigenvalue weighted by molar-refractivity contribution is 0.149. The van der Waals surface area contributed by atoms with Crippen LogP contribution in [0.5, 0.6) is 0 Å². The van der Waals surface area contributed by atoms with Gasteiger partial charge in [0.25, 0.3) is 0 Å². The number of piperidine rings is 1. The van der Waals surface area contributed by atoms with E-state index in [4.69, 9.17) is 0 Å². The number of nitrogens with zero attached hydrogens (tertiary/aromatic N) is 3. The van der Waals surface area contributed by atoms with Crippen LogP contribution in [0.15, 0.2) is 18.2 Å². The van der Waals surface area contributed by atoms with Gasteiger partial charge in [0.05, 0.1) is 16.6 Å². The van der Waals surface area contributed by atoms with Gasteiger partial charge in [-0.1, -0.05) is 24.4 Å². The van der Waals surface area contributed by atoms with E-state index in [1.165, 1.54) is 28.5 Å². The monoisotopic (exact) mass is 379 g/mol. The maximum atomic E-state index is 13.7. The van der Waals surface area contributed by atoms with Crippen LogP contribution in [0.3, 0.4) is 0 Å². The Morgan fingerprint density at radius 1 is 1.27 bits per heavy atom. The molecule has 1 aromatic carbocycles. The quantitative estimate of drug-likeness (QED) is 0.855. The summed E-state index contributed by atoms with van der Waals surface area (Å²) in [6.07, 6.45) is 1.01. The Hall–Kier alpha value is -1.48.